The van der Waals surface area contributed by atoms with Crippen LogP contribution in [-0.2, 0) is 11.2 Å². The van der Waals surface area contributed by atoms with Gasteiger partial charge in [0.2, 0.25) is 0 Å². The highest BCUT2D eigenvalue weighted by molar-refractivity contribution is 8.03. The van der Waals surface area contributed by atoms with Crippen LogP contribution in [0.15, 0.2) is 102 Å². The van der Waals surface area contributed by atoms with Gasteiger partial charge in [0.1, 0.15) is 5.01 Å². The van der Waals surface area contributed by atoms with Crippen molar-refractivity contribution in [1.29, 1.82) is 5.26 Å². The molecule has 0 amide bonds. The molecule has 0 aliphatic carbocycles. The van der Waals surface area contributed by atoms with E-state index in [1.807, 2.05) is 11.5 Å². The molecule has 0 aliphatic rings. The Morgan fingerprint density at radius 3 is 1.80 bits per heavy atom. The first-order valence-corrected chi connectivity index (χ1v) is 11.4. The third-order valence-electron chi connectivity index (χ3n) is 4.83. The highest BCUT2D eigenvalue weighted by Gasteiger charge is 2.36. The van der Waals surface area contributed by atoms with E-state index in [1.54, 1.807) is 23.1 Å². The van der Waals surface area contributed by atoms with Crippen molar-refractivity contribution in [2.24, 2.45) is 0 Å². The van der Waals surface area contributed by atoms with E-state index in [0.717, 1.165) is 10.7 Å². The van der Waals surface area contributed by atoms with Crippen molar-refractivity contribution in [2.75, 3.05) is 0 Å². The highest BCUT2D eigenvalue weighted by Crippen LogP contribution is 2.49. The van der Waals surface area contributed by atoms with E-state index >= 15 is 0 Å². The van der Waals surface area contributed by atoms with Crippen LogP contribution >= 0.6 is 23.1 Å². The molecule has 0 saturated carbocycles. The number of hydrogen-bond donors (Lipinski definition) is 0. The van der Waals surface area contributed by atoms with Gasteiger partial charge in [-0.1, -0.05) is 91.0 Å². The monoisotopic (exact) mass is 424 g/mol. The van der Waals surface area contributed by atoms with Crippen molar-refractivity contribution in [1.82, 2.24) is 4.98 Å². The van der Waals surface area contributed by atoms with E-state index < -0.39 is 0 Å². The maximum absolute atomic E-state index is 8.88. The minimum atomic E-state index is -0.382. The van der Waals surface area contributed by atoms with Gasteiger partial charge in [0.05, 0.1) is 22.9 Å². The summed E-state index contributed by atoms with van der Waals surface area (Å²) in [6.45, 7) is 0. The van der Waals surface area contributed by atoms with Crippen molar-refractivity contribution in [3.8, 4) is 6.07 Å². The number of aromatic nitrogens is 1. The van der Waals surface area contributed by atoms with Crippen LogP contribution in [0.25, 0.3) is 6.08 Å². The van der Waals surface area contributed by atoms with Gasteiger partial charge in [-0.25, -0.2) is 4.98 Å². The summed E-state index contributed by atoms with van der Waals surface area (Å²) in [6, 6.07) is 34.0. The summed E-state index contributed by atoms with van der Waals surface area (Å²) in [7, 11) is 0. The molecule has 0 radical (unpaired) electrons. The summed E-state index contributed by atoms with van der Waals surface area (Å²) >= 11 is 3.33. The number of thioether (sulfide) groups is 1. The van der Waals surface area contributed by atoms with E-state index in [4.69, 9.17) is 5.26 Å². The van der Waals surface area contributed by atoms with Gasteiger partial charge in [0.15, 0.2) is 0 Å². The number of hydrogen-bond acceptors (Lipinski definition) is 4. The van der Waals surface area contributed by atoms with Crippen LogP contribution in [-0.4, -0.2) is 4.98 Å². The zero-order chi connectivity index (χ0) is 20.7. The number of rotatable bonds is 7. The maximum Gasteiger partial charge on any atom is 0.116 e. The van der Waals surface area contributed by atoms with Gasteiger partial charge in [-0.05, 0) is 28.2 Å². The SMILES string of the molecule is N#CCc1csc(/C=C\SC(c2ccccc2)(c2ccccc2)c2ccccc2)n1. The molecule has 0 N–H and O–H groups in total. The predicted octanol–water partition coefficient (Wildman–Crippen LogP) is 6.91. The quantitative estimate of drug-likeness (QED) is 0.303. The largest absolute Gasteiger partial charge is 0.241 e. The maximum atomic E-state index is 8.88. The summed E-state index contributed by atoms with van der Waals surface area (Å²) in [5.74, 6) is 0. The van der Waals surface area contributed by atoms with Gasteiger partial charge >= 0.3 is 0 Å². The molecule has 0 saturated heterocycles. The van der Waals surface area contributed by atoms with Crippen LogP contribution in [0.2, 0.25) is 0 Å². The highest BCUT2D eigenvalue weighted by atomic mass is 32.2. The van der Waals surface area contributed by atoms with Crippen molar-refractivity contribution < 1.29 is 0 Å². The van der Waals surface area contributed by atoms with E-state index in [9.17, 15) is 0 Å². The summed E-state index contributed by atoms with van der Waals surface area (Å²) < 4.78 is -0.382. The standard InChI is InChI=1S/C26H20N2S2/c27-18-16-24-20-29-25(28-24)17-19-30-26(21-10-4-1-5-11-21,22-12-6-2-7-13-22)23-14-8-3-9-15-23/h1-15,17,19-20H,16H2/b19-17-. The Bertz CT molecular complexity index is 1050. The fourth-order valence-electron chi connectivity index (χ4n) is 3.48. The lowest BCUT2D eigenvalue weighted by Crippen LogP contribution is -2.24. The van der Waals surface area contributed by atoms with E-state index in [1.165, 1.54) is 16.7 Å². The molecule has 30 heavy (non-hydrogen) atoms. The average Bonchev–Trinajstić information content (AvgIpc) is 3.26. The Labute approximate surface area is 185 Å². The van der Waals surface area contributed by atoms with Crippen LogP contribution in [0, 0.1) is 11.3 Å². The Hall–Kier alpha value is -3.13. The van der Waals surface area contributed by atoms with Crippen molar-refractivity contribution in [3.63, 3.8) is 0 Å². The Morgan fingerprint density at radius 2 is 1.33 bits per heavy atom. The third kappa shape index (κ3) is 4.23. The van der Waals surface area contributed by atoms with Gasteiger partial charge in [-0.15, -0.1) is 23.1 Å². The molecule has 0 atom stereocenters. The fraction of sp³-hybridized carbons (Fsp3) is 0.0769. The molecule has 4 aromatic rings. The Balaban J connectivity index is 1.80. The molecular weight excluding hydrogens is 404 g/mol. The molecule has 0 aliphatic heterocycles. The second-order valence-corrected chi connectivity index (χ2v) is 8.72. The number of nitriles is 1. The van der Waals surface area contributed by atoms with E-state index in [0.29, 0.717) is 6.42 Å². The van der Waals surface area contributed by atoms with Crippen LogP contribution < -0.4 is 0 Å². The number of nitrogens with zero attached hydrogens (tertiary/aromatic N) is 2. The molecule has 0 unspecified atom stereocenters. The molecule has 1 heterocycles. The third-order valence-corrected chi connectivity index (χ3v) is 7.02. The molecule has 3 aromatic carbocycles. The molecular formula is C26H20N2S2. The van der Waals surface area contributed by atoms with Crippen molar-refractivity contribution >= 4 is 29.2 Å². The predicted molar refractivity (Wildman–Crippen MR) is 127 cm³/mol. The first kappa shape index (κ1) is 20.2. The topological polar surface area (TPSA) is 36.7 Å². The van der Waals surface area contributed by atoms with Crippen molar-refractivity contribution in [3.05, 3.63) is 129 Å². The van der Waals surface area contributed by atoms with Gasteiger partial charge in [0.25, 0.3) is 0 Å². The average molecular weight is 425 g/mol. The molecule has 0 bridgehead atoms. The van der Waals surface area contributed by atoms with Gasteiger partial charge in [-0.3, -0.25) is 0 Å². The first-order chi connectivity index (χ1) is 14.8. The molecule has 4 rings (SSSR count). The molecule has 1 aromatic heterocycles. The Kier molecular flexibility index (Phi) is 6.44. The molecule has 2 nitrogen and oxygen atoms in total. The normalized spacial score (nSPS) is 11.4. The smallest absolute Gasteiger partial charge is 0.116 e. The number of thiazole rings is 1. The molecule has 4 heteroatoms. The molecule has 0 fully saturated rings. The summed E-state index contributed by atoms with van der Waals surface area (Å²) in [4.78, 5) is 4.53. The van der Waals surface area contributed by atoms with Crippen molar-refractivity contribution in [2.45, 2.75) is 11.2 Å². The fourth-order valence-corrected chi connectivity index (χ4v) is 5.49. The van der Waals surface area contributed by atoms with Gasteiger partial charge in [0, 0.05) is 5.38 Å². The lowest BCUT2D eigenvalue weighted by molar-refractivity contribution is 0.900. The lowest BCUT2D eigenvalue weighted by atomic mass is 9.84. The molecule has 146 valence electrons. The lowest BCUT2D eigenvalue weighted by Gasteiger charge is -2.34. The second kappa shape index (κ2) is 9.58. The van der Waals surface area contributed by atoms with E-state index in [2.05, 4.69) is 107 Å². The van der Waals surface area contributed by atoms with Gasteiger partial charge in [-0.2, -0.15) is 5.26 Å². The zero-order valence-corrected chi connectivity index (χ0v) is 17.9. The molecule has 0 spiro atoms. The Morgan fingerprint density at radius 1 is 0.833 bits per heavy atom. The number of benzene rings is 3. The van der Waals surface area contributed by atoms with Gasteiger partial charge < -0.3 is 0 Å². The summed E-state index contributed by atoms with van der Waals surface area (Å²) in [6.07, 6.45) is 2.39. The van der Waals surface area contributed by atoms with Crippen LogP contribution in [0.5, 0.6) is 0 Å². The minimum absolute atomic E-state index is 0.347. The van der Waals surface area contributed by atoms with E-state index in [-0.39, 0.29) is 4.75 Å². The zero-order valence-electron chi connectivity index (χ0n) is 16.3. The second-order valence-electron chi connectivity index (χ2n) is 6.71. The summed E-state index contributed by atoms with van der Waals surface area (Å²) in [5.41, 5.74) is 4.50. The van der Waals surface area contributed by atoms with Crippen LogP contribution in [0.4, 0.5) is 0 Å². The minimum Gasteiger partial charge on any atom is -0.241 e. The first-order valence-electron chi connectivity index (χ1n) is 9.65. The van der Waals surface area contributed by atoms with Crippen LogP contribution in [0.3, 0.4) is 0 Å². The summed E-state index contributed by atoms with van der Waals surface area (Å²) in [5, 5.41) is 13.9. The van der Waals surface area contributed by atoms with Crippen LogP contribution in [0.1, 0.15) is 27.4 Å².